The summed E-state index contributed by atoms with van der Waals surface area (Å²) in [6.07, 6.45) is 1.68. The van der Waals surface area contributed by atoms with Gasteiger partial charge in [-0.15, -0.1) is 0 Å². The maximum Gasteiger partial charge on any atom is 0.243 e. The Morgan fingerprint density at radius 1 is 0.900 bits per heavy atom. The van der Waals surface area contributed by atoms with E-state index in [9.17, 15) is 14.0 Å². The number of carbonyl (C=O) groups is 2. The summed E-state index contributed by atoms with van der Waals surface area (Å²) < 4.78 is 28.5. The highest BCUT2D eigenvalue weighted by Crippen LogP contribution is 2.29. The van der Waals surface area contributed by atoms with Crippen molar-refractivity contribution in [2.45, 2.75) is 83.0 Å². The number of rotatable bonds is 8. The number of halogens is 2. The largest absolute Gasteiger partial charge is 0.351 e. The van der Waals surface area contributed by atoms with E-state index in [1.807, 2.05) is 30.3 Å². The lowest BCUT2D eigenvalue weighted by atomic mass is 9.79. The molecule has 3 N–H and O–H groups in total. The van der Waals surface area contributed by atoms with E-state index in [1.165, 1.54) is 18.2 Å². The third-order valence-electron chi connectivity index (χ3n) is 7.49. The minimum atomic E-state index is -0.880. The molecule has 1 aliphatic heterocycles. The van der Waals surface area contributed by atoms with Gasteiger partial charge in [0.05, 0.1) is 5.92 Å². The van der Waals surface area contributed by atoms with E-state index in [1.54, 1.807) is 31.2 Å². The predicted octanol–water partition coefficient (Wildman–Crippen LogP) is 5.89. The van der Waals surface area contributed by atoms with Crippen LogP contribution >= 0.6 is 0 Å². The van der Waals surface area contributed by atoms with E-state index < -0.39 is 17.8 Å². The quantitative estimate of drug-likeness (QED) is 0.330. The molecule has 3 aromatic rings. The molecule has 3 aromatic carbocycles. The first-order valence-corrected chi connectivity index (χ1v) is 13.8. The Bertz CT molecular complexity index is 1320. The lowest BCUT2D eigenvalue weighted by Gasteiger charge is -2.46. The molecule has 7 heteroatoms. The van der Waals surface area contributed by atoms with Gasteiger partial charge < -0.3 is 16.0 Å². The fraction of sp³-hybridized carbons (Fsp3) is 0.394. The molecule has 0 bridgehead atoms. The van der Waals surface area contributed by atoms with Crippen molar-refractivity contribution >= 4 is 11.8 Å². The second kappa shape index (κ2) is 11.9. The van der Waals surface area contributed by atoms with Gasteiger partial charge in [-0.25, -0.2) is 8.78 Å². The fourth-order valence-electron chi connectivity index (χ4n) is 5.89. The zero-order chi connectivity index (χ0) is 29.1. The Labute approximate surface area is 235 Å². The van der Waals surface area contributed by atoms with E-state index >= 15 is 4.39 Å². The maximum absolute atomic E-state index is 15.0. The lowest BCUT2D eigenvalue weighted by molar-refractivity contribution is -0.130. The molecule has 5 nitrogen and oxygen atoms in total. The Kier molecular flexibility index (Phi) is 8.74. The van der Waals surface area contributed by atoms with Gasteiger partial charge in [-0.2, -0.15) is 0 Å². The van der Waals surface area contributed by atoms with Crippen LogP contribution in [-0.2, 0) is 16.0 Å². The van der Waals surface area contributed by atoms with Gasteiger partial charge in [-0.3, -0.25) is 9.59 Å². The van der Waals surface area contributed by atoms with Crippen molar-refractivity contribution in [2.24, 2.45) is 0 Å². The number of piperidine rings is 1. The van der Waals surface area contributed by atoms with Crippen LogP contribution in [-0.4, -0.2) is 35.0 Å². The third kappa shape index (κ3) is 7.54. The molecule has 1 fully saturated rings. The molecule has 0 spiro atoms. The normalized spacial score (nSPS) is 18.0. The highest BCUT2D eigenvalue weighted by Gasteiger charge is 2.39. The molecule has 2 amide bonds. The summed E-state index contributed by atoms with van der Waals surface area (Å²) in [5.41, 5.74) is 2.11. The average molecular weight is 548 g/mol. The molecule has 0 radical (unpaired) electrons. The second-order valence-electron chi connectivity index (χ2n) is 12.2. The first-order valence-electron chi connectivity index (χ1n) is 13.8. The van der Waals surface area contributed by atoms with E-state index in [0.29, 0.717) is 11.1 Å². The predicted molar refractivity (Wildman–Crippen MR) is 155 cm³/mol. The van der Waals surface area contributed by atoms with Crippen LogP contribution in [0.1, 0.15) is 64.5 Å². The van der Waals surface area contributed by atoms with Crippen LogP contribution in [0.25, 0.3) is 11.1 Å². The smallest absolute Gasteiger partial charge is 0.243 e. The molecule has 0 saturated carbocycles. The van der Waals surface area contributed by atoms with Crippen molar-refractivity contribution in [3.63, 3.8) is 0 Å². The van der Waals surface area contributed by atoms with Gasteiger partial charge in [0.25, 0.3) is 0 Å². The molecule has 0 aromatic heterocycles. The SMILES string of the molecule is C[C@H](C(=O)N[C@@H](Cc1ccc(F)cc1)C(=O)NC1CC(C)(C)NC(C)(C)C1)c1ccc(-c2ccccc2)c(F)c1. The van der Waals surface area contributed by atoms with Gasteiger partial charge in [-0.1, -0.05) is 54.6 Å². The maximum atomic E-state index is 15.0. The average Bonchev–Trinajstić information content (AvgIpc) is 2.87. The molecule has 0 unspecified atom stereocenters. The van der Waals surface area contributed by atoms with Gasteiger partial charge in [0, 0.05) is 29.1 Å². The molecule has 0 aliphatic carbocycles. The standard InChI is InChI=1S/C33H39F2N3O2/c1-21(24-13-16-27(28(35)18-24)23-9-7-6-8-10-23)30(39)37-29(17-22-11-14-25(34)15-12-22)31(40)36-26-19-32(2,3)38-33(4,5)20-26/h6-16,18,21,26,29,38H,17,19-20H2,1-5H3,(H,36,40)(H,37,39)/t21-,29-/m0/s1. The summed E-state index contributed by atoms with van der Waals surface area (Å²) in [6, 6.07) is 18.9. The fourth-order valence-corrected chi connectivity index (χ4v) is 5.89. The number of amides is 2. The Morgan fingerprint density at radius 3 is 2.12 bits per heavy atom. The molecule has 4 rings (SSSR count). The van der Waals surface area contributed by atoms with Crippen LogP contribution in [0.15, 0.2) is 72.8 Å². The van der Waals surface area contributed by atoms with Crippen LogP contribution in [0.4, 0.5) is 8.78 Å². The Morgan fingerprint density at radius 2 is 1.52 bits per heavy atom. The number of hydrogen-bond donors (Lipinski definition) is 3. The van der Waals surface area contributed by atoms with Gasteiger partial charge in [0.2, 0.25) is 11.8 Å². The number of hydrogen-bond acceptors (Lipinski definition) is 3. The van der Waals surface area contributed by atoms with Gasteiger partial charge in [-0.05, 0) is 82.3 Å². The van der Waals surface area contributed by atoms with E-state index in [2.05, 4.69) is 43.6 Å². The summed E-state index contributed by atoms with van der Waals surface area (Å²) in [4.78, 5) is 27.0. The van der Waals surface area contributed by atoms with Crippen molar-refractivity contribution in [1.29, 1.82) is 0 Å². The Hall–Kier alpha value is -3.58. The number of nitrogens with one attached hydrogen (secondary N) is 3. The van der Waals surface area contributed by atoms with Crippen molar-refractivity contribution in [3.05, 3.63) is 95.6 Å². The van der Waals surface area contributed by atoms with Gasteiger partial charge in [0.1, 0.15) is 17.7 Å². The van der Waals surface area contributed by atoms with Gasteiger partial charge in [0.15, 0.2) is 0 Å². The number of carbonyl (C=O) groups excluding carboxylic acids is 2. The topological polar surface area (TPSA) is 70.2 Å². The minimum Gasteiger partial charge on any atom is -0.351 e. The van der Waals surface area contributed by atoms with E-state index in [0.717, 1.165) is 24.0 Å². The molecular formula is C33H39F2N3O2. The van der Waals surface area contributed by atoms with Crippen LogP contribution in [0.2, 0.25) is 0 Å². The molecule has 1 saturated heterocycles. The molecule has 2 atom stereocenters. The van der Waals surface area contributed by atoms with Crippen molar-refractivity contribution in [2.75, 3.05) is 0 Å². The second-order valence-corrected chi connectivity index (χ2v) is 12.2. The van der Waals surface area contributed by atoms with Crippen molar-refractivity contribution in [1.82, 2.24) is 16.0 Å². The third-order valence-corrected chi connectivity index (χ3v) is 7.49. The monoisotopic (exact) mass is 547 g/mol. The summed E-state index contributed by atoms with van der Waals surface area (Å²) in [5, 5.41) is 9.65. The zero-order valence-corrected chi connectivity index (χ0v) is 23.9. The van der Waals surface area contributed by atoms with Crippen molar-refractivity contribution < 1.29 is 18.4 Å². The van der Waals surface area contributed by atoms with Crippen LogP contribution in [0, 0.1) is 11.6 Å². The first kappa shape index (κ1) is 29.4. The minimum absolute atomic E-state index is 0.0802. The van der Waals surface area contributed by atoms with Crippen LogP contribution < -0.4 is 16.0 Å². The molecule has 40 heavy (non-hydrogen) atoms. The highest BCUT2D eigenvalue weighted by atomic mass is 19.1. The lowest BCUT2D eigenvalue weighted by Crippen LogP contribution is -2.63. The van der Waals surface area contributed by atoms with Crippen molar-refractivity contribution in [3.8, 4) is 11.1 Å². The van der Waals surface area contributed by atoms with Gasteiger partial charge >= 0.3 is 0 Å². The Balaban J connectivity index is 1.51. The zero-order valence-electron chi connectivity index (χ0n) is 23.9. The molecule has 1 heterocycles. The molecule has 212 valence electrons. The summed E-state index contributed by atoms with van der Waals surface area (Å²) >= 11 is 0. The summed E-state index contributed by atoms with van der Waals surface area (Å²) in [5.74, 6) is -2.17. The molecular weight excluding hydrogens is 508 g/mol. The van der Waals surface area contributed by atoms with E-state index in [4.69, 9.17) is 0 Å². The molecule has 1 aliphatic rings. The number of benzene rings is 3. The first-order chi connectivity index (χ1) is 18.8. The van der Waals surface area contributed by atoms with E-state index in [-0.39, 0.29) is 41.2 Å². The van der Waals surface area contributed by atoms with Crippen LogP contribution in [0.5, 0.6) is 0 Å². The summed E-state index contributed by atoms with van der Waals surface area (Å²) in [6.45, 7) is 10.1. The highest BCUT2D eigenvalue weighted by molar-refractivity contribution is 5.90. The summed E-state index contributed by atoms with van der Waals surface area (Å²) in [7, 11) is 0. The van der Waals surface area contributed by atoms with Crippen LogP contribution in [0.3, 0.4) is 0 Å².